The van der Waals surface area contributed by atoms with Gasteiger partial charge in [-0.3, -0.25) is 14.5 Å². The Kier molecular flexibility index (Phi) is 6.57. The molecule has 0 unspecified atom stereocenters. The first kappa shape index (κ1) is 24.1. The fraction of sp³-hybridized carbons (Fsp3) is 0.400. The number of ether oxygens (including phenoxy) is 1. The standard InChI is InChI=1S/C25H28N6O4S/c1-2-35-22-16-26-15-20(29-22)17-5-7-18(8-6-17)28-23(32)25(12-3-4-13-25)21-11-14-27-24(30-21)31-36(33,34)19-9-10-19/h5-8,11,14-16,19H,2-4,9-10,12-13H2,1H3,(H,28,32)(H,27,30,31). The highest BCUT2D eigenvalue weighted by molar-refractivity contribution is 7.93. The predicted molar refractivity (Wildman–Crippen MR) is 135 cm³/mol. The molecule has 11 heteroatoms. The SMILES string of the molecule is CCOc1cncc(-c2ccc(NC(=O)C3(c4ccnc(NS(=O)(=O)C5CC5)n4)CCCC3)cc2)n1. The van der Waals surface area contributed by atoms with Gasteiger partial charge in [-0.2, -0.15) is 0 Å². The second-order valence-electron chi connectivity index (χ2n) is 9.11. The largest absolute Gasteiger partial charge is 0.477 e. The molecule has 2 aromatic heterocycles. The lowest BCUT2D eigenvalue weighted by Crippen LogP contribution is -2.39. The molecule has 2 aliphatic rings. The Morgan fingerprint density at radius 2 is 1.83 bits per heavy atom. The minimum atomic E-state index is -3.50. The van der Waals surface area contributed by atoms with Crippen molar-refractivity contribution in [1.82, 2.24) is 19.9 Å². The number of nitrogens with one attached hydrogen (secondary N) is 2. The van der Waals surface area contributed by atoms with Gasteiger partial charge < -0.3 is 10.1 Å². The van der Waals surface area contributed by atoms with E-state index in [1.165, 1.54) is 6.20 Å². The van der Waals surface area contributed by atoms with Crippen LogP contribution in [0.5, 0.6) is 5.88 Å². The Balaban J connectivity index is 1.34. The van der Waals surface area contributed by atoms with Crippen LogP contribution in [0.1, 0.15) is 51.1 Å². The van der Waals surface area contributed by atoms with Crippen LogP contribution in [0, 0.1) is 0 Å². The quantitative estimate of drug-likeness (QED) is 0.447. The van der Waals surface area contributed by atoms with Crippen molar-refractivity contribution in [2.75, 3.05) is 16.6 Å². The predicted octanol–water partition coefficient (Wildman–Crippen LogP) is 3.69. The summed E-state index contributed by atoms with van der Waals surface area (Å²) in [7, 11) is -3.50. The van der Waals surface area contributed by atoms with Crippen LogP contribution in [0.3, 0.4) is 0 Å². The Morgan fingerprint density at radius 3 is 2.53 bits per heavy atom. The van der Waals surface area contributed by atoms with Gasteiger partial charge in [-0.1, -0.05) is 25.0 Å². The molecule has 0 spiro atoms. The van der Waals surface area contributed by atoms with Gasteiger partial charge in [-0.05, 0) is 50.8 Å². The number of carbonyl (C=O) groups is 1. The molecule has 0 radical (unpaired) electrons. The normalized spacial score (nSPS) is 16.9. The molecular weight excluding hydrogens is 480 g/mol. The monoisotopic (exact) mass is 508 g/mol. The number of hydrogen-bond donors (Lipinski definition) is 2. The molecule has 3 aromatic rings. The molecule has 1 amide bonds. The third-order valence-corrected chi connectivity index (χ3v) is 8.39. The molecule has 5 rings (SSSR count). The molecule has 2 fully saturated rings. The fourth-order valence-electron chi connectivity index (χ4n) is 4.52. The topological polar surface area (TPSA) is 136 Å². The summed E-state index contributed by atoms with van der Waals surface area (Å²) >= 11 is 0. The molecule has 10 nitrogen and oxygen atoms in total. The van der Waals surface area contributed by atoms with E-state index in [0.717, 1.165) is 18.4 Å². The van der Waals surface area contributed by atoms with Crippen molar-refractivity contribution >= 4 is 27.6 Å². The summed E-state index contributed by atoms with van der Waals surface area (Å²) in [4.78, 5) is 30.8. The summed E-state index contributed by atoms with van der Waals surface area (Å²) in [6.07, 6.45) is 9.04. The number of rotatable bonds is 9. The lowest BCUT2D eigenvalue weighted by molar-refractivity contribution is -0.121. The molecule has 2 heterocycles. The second kappa shape index (κ2) is 9.81. The fourth-order valence-corrected chi connectivity index (χ4v) is 5.80. The number of amides is 1. The number of carbonyl (C=O) groups excluding carboxylic acids is 1. The van der Waals surface area contributed by atoms with E-state index < -0.39 is 15.4 Å². The van der Waals surface area contributed by atoms with Gasteiger partial charge in [-0.15, -0.1) is 0 Å². The van der Waals surface area contributed by atoms with E-state index in [1.54, 1.807) is 18.5 Å². The van der Waals surface area contributed by atoms with Gasteiger partial charge in [0.15, 0.2) is 0 Å². The van der Waals surface area contributed by atoms with E-state index in [0.29, 0.717) is 55.2 Å². The maximum absolute atomic E-state index is 13.6. The minimum absolute atomic E-state index is 0.0122. The van der Waals surface area contributed by atoms with Crippen LogP contribution in [-0.2, 0) is 20.2 Å². The average Bonchev–Trinajstić information content (AvgIpc) is 3.63. The van der Waals surface area contributed by atoms with Gasteiger partial charge in [0.2, 0.25) is 27.8 Å². The molecule has 36 heavy (non-hydrogen) atoms. The Morgan fingerprint density at radius 1 is 1.08 bits per heavy atom. The van der Waals surface area contributed by atoms with Crippen LogP contribution < -0.4 is 14.8 Å². The Bertz CT molecular complexity index is 1350. The number of sulfonamides is 1. The van der Waals surface area contributed by atoms with Crippen LogP contribution >= 0.6 is 0 Å². The first-order valence-electron chi connectivity index (χ1n) is 12.1. The van der Waals surface area contributed by atoms with Crippen molar-refractivity contribution in [2.45, 2.75) is 56.1 Å². The molecule has 188 valence electrons. The van der Waals surface area contributed by atoms with Crippen molar-refractivity contribution in [3.05, 3.63) is 54.6 Å². The number of nitrogens with zero attached hydrogens (tertiary/aromatic N) is 4. The van der Waals surface area contributed by atoms with Crippen molar-refractivity contribution < 1.29 is 17.9 Å². The van der Waals surface area contributed by atoms with Crippen molar-refractivity contribution in [1.29, 1.82) is 0 Å². The van der Waals surface area contributed by atoms with Crippen molar-refractivity contribution in [2.24, 2.45) is 0 Å². The molecule has 1 aromatic carbocycles. The lowest BCUT2D eigenvalue weighted by atomic mass is 9.81. The first-order valence-corrected chi connectivity index (χ1v) is 13.7. The van der Waals surface area contributed by atoms with Crippen LogP contribution in [0.2, 0.25) is 0 Å². The zero-order valence-corrected chi connectivity index (χ0v) is 20.8. The molecule has 0 bridgehead atoms. The number of hydrogen-bond acceptors (Lipinski definition) is 8. The summed E-state index contributed by atoms with van der Waals surface area (Å²) in [5, 5.41) is 2.65. The summed E-state index contributed by atoms with van der Waals surface area (Å²) < 4.78 is 32.6. The summed E-state index contributed by atoms with van der Waals surface area (Å²) in [6, 6.07) is 9.07. The highest BCUT2D eigenvalue weighted by atomic mass is 32.2. The van der Waals surface area contributed by atoms with Crippen LogP contribution in [-0.4, -0.2) is 46.1 Å². The zero-order chi connectivity index (χ0) is 25.2. The van der Waals surface area contributed by atoms with E-state index in [9.17, 15) is 13.2 Å². The van der Waals surface area contributed by atoms with Crippen LogP contribution in [0.25, 0.3) is 11.3 Å². The minimum Gasteiger partial charge on any atom is -0.477 e. The van der Waals surface area contributed by atoms with Crippen LogP contribution in [0.15, 0.2) is 48.9 Å². The maximum Gasteiger partial charge on any atom is 0.237 e. The van der Waals surface area contributed by atoms with E-state index in [4.69, 9.17) is 4.74 Å². The van der Waals surface area contributed by atoms with E-state index >= 15 is 0 Å². The van der Waals surface area contributed by atoms with Crippen molar-refractivity contribution in [3.8, 4) is 17.1 Å². The summed E-state index contributed by atoms with van der Waals surface area (Å²) in [5.74, 6) is 0.304. The maximum atomic E-state index is 13.6. The van der Waals surface area contributed by atoms with E-state index in [-0.39, 0.29) is 17.1 Å². The number of benzene rings is 1. The molecule has 2 saturated carbocycles. The van der Waals surface area contributed by atoms with Gasteiger partial charge in [0, 0.05) is 17.4 Å². The second-order valence-corrected chi connectivity index (χ2v) is 11.1. The molecule has 0 aliphatic heterocycles. The third-order valence-electron chi connectivity index (χ3n) is 6.58. The molecule has 2 N–H and O–H groups in total. The molecular formula is C25H28N6O4S. The molecule has 0 atom stereocenters. The summed E-state index contributed by atoms with van der Waals surface area (Å²) in [5.41, 5.74) is 1.85. The smallest absolute Gasteiger partial charge is 0.237 e. The highest BCUT2D eigenvalue weighted by Crippen LogP contribution is 2.41. The lowest BCUT2D eigenvalue weighted by Gasteiger charge is -2.27. The van der Waals surface area contributed by atoms with Gasteiger partial charge >= 0.3 is 0 Å². The average molecular weight is 509 g/mol. The Labute approximate surface area is 210 Å². The Hall–Kier alpha value is -3.60. The van der Waals surface area contributed by atoms with Crippen molar-refractivity contribution in [3.63, 3.8) is 0 Å². The molecule has 0 saturated heterocycles. The van der Waals surface area contributed by atoms with E-state index in [1.807, 2.05) is 31.2 Å². The highest BCUT2D eigenvalue weighted by Gasteiger charge is 2.44. The first-order chi connectivity index (χ1) is 17.4. The zero-order valence-electron chi connectivity index (χ0n) is 20.0. The van der Waals surface area contributed by atoms with E-state index in [2.05, 4.69) is 30.0 Å². The van der Waals surface area contributed by atoms with Crippen LogP contribution in [0.4, 0.5) is 11.6 Å². The van der Waals surface area contributed by atoms with Gasteiger partial charge in [0.1, 0.15) is 0 Å². The third kappa shape index (κ3) is 5.01. The number of anilines is 2. The summed E-state index contributed by atoms with van der Waals surface area (Å²) in [6.45, 7) is 2.39. The number of aromatic nitrogens is 4. The van der Waals surface area contributed by atoms with Gasteiger partial charge in [-0.25, -0.2) is 23.4 Å². The molecule has 2 aliphatic carbocycles. The van der Waals surface area contributed by atoms with Gasteiger partial charge in [0.25, 0.3) is 0 Å². The van der Waals surface area contributed by atoms with Gasteiger partial charge in [0.05, 0.1) is 41.1 Å².